The average Bonchev–Trinajstić information content (AvgIpc) is 3.08. The van der Waals surface area contributed by atoms with E-state index in [1.807, 2.05) is 6.92 Å². The standard InChI is InChI=1S/C27H43NO3/c1-15-4-7-24-27(3,31)25-21(14-28(24)13-15)19-11-22-18(20(19)12-23(25)30)6-5-16-10-17(29)8-9-26(16,22)2/h5,15,17-25,29-31H,4,6-14H2,1-3H3/t15-,17-,18-,19+,20+,21-,22-,23-,24-,25+,26-,27+/m0/s1. The first kappa shape index (κ1) is 21.1. The summed E-state index contributed by atoms with van der Waals surface area (Å²) in [5.74, 6) is 3.73. The molecule has 0 bridgehead atoms. The van der Waals surface area contributed by atoms with E-state index >= 15 is 0 Å². The lowest BCUT2D eigenvalue weighted by Gasteiger charge is -2.61. The highest BCUT2D eigenvalue weighted by Gasteiger charge is 2.64. The van der Waals surface area contributed by atoms with E-state index in [0.717, 1.165) is 51.6 Å². The van der Waals surface area contributed by atoms with Gasteiger partial charge in [-0.15, -0.1) is 0 Å². The second-order valence-electron chi connectivity index (χ2n) is 13.0. The van der Waals surface area contributed by atoms with Crippen LogP contribution in [0, 0.1) is 46.8 Å². The van der Waals surface area contributed by atoms with Crippen molar-refractivity contribution in [1.82, 2.24) is 4.90 Å². The van der Waals surface area contributed by atoms with E-state index in [4.69, 9.17) is 0 Å². The van der Waals surface area contributed by atoms with E-state index in [1.165, 1.54) is 18.4 Å². The topological polar surface area (TPSA) is 63.9 Å². The van der Waals surface area contributed by atoms with Crippen LogP contribution in [0.25, 0.3) is 0 Å². The van der Waals surface area contributed by atoms with Crippen LogP contribution in [0.5, 0.6) is 0 Å². The Balaban J connectivity index is 1.32. The van der Waals surface area contributed by atoms with Gasteiger partial charge in [-0.1, -0.05) is 25.5 Å². The number of nitrogens with zero attached hydrogens (tertiary/aromatic N) is 1. The molecule has 3 saturated carbocycles. The highest BCUT2D eigenvalue weighted by Crippen LogP contribution is 2.66. The maximum absolute atomic E-state index is 11.8. The van der Waals surface area contributed by atoms with Gasteiger partial charge >= 0.3 is 0 Å². The second-order valence-corrected chi connectivity index (χ2v) is 13.0. The van der Waals surface area contributed by atoms with E-state index in [1.54, 1.807) is 0 Å². The lowest BCUT2D eigenvalue weighted by Crippen LogP contribution is -2.69. The zero-order chi connectivity index (χ0) is 21.7. The molecule has 2 heterocycles. The Morgan fingerprint density at radius 1 is 0.968 bits per heavy atom. The Bertz CT molecular complexity index is 764. The van der Waals surface area contributed by atoms with Crippen molar-refractivity contribution in [3.8, 4) is 0 Å². The summed E-state index contributed by atoms with van der Waals surface area (Å²) >= 11 is 0. The molecule has 2 saturated heterocycles. The number of piperidine rings is 2. The van der Waals surface area contributed by atoms with Crippen LogP contribution >= 0.6 is 0 Å². The van der Waals surface area contributed by atoms with Crippen LogP contribution in [0.3, 0.4) is 0 Å². The molecule has 0 aromatic carbocycles. The van der Waals surface area contributed by atoms with Crippen LogP contribution in [-0.2, 0) is 0 Å². The number of hydrogen-bond donors (Lipinski definition) is 3. The van der Waals surface area contributed by atoms with E-state index in [0.29, 0.717) is 35.5 Å². The first-order valence-electron chi connectivity index (χ1n) is 13.2. The van der Waals surface area contributed by atoms with Crippen LogP contribution in [0.1, 0.15) is 72.1 Å². The molecule has 0 aromatic rings. The van der Waals surface area contributed by atoms with Gasteiger partial charge in [-0.05, 0) is 99.2 Å². The number of fused-ring (bicyclic) bond motifs is 8. The quantitative estimate of drug-likeness (QED) is 0.515. The van der Waals surface area contributed by atoms with Crippen LogP contribution in [0.4, 0.5) is 0 Å². The van der Waals surface area contributed by atoms with Crippen LogP contribution < -0.4 is 0 Å². The third-order valence-electron chi connectivity index (χ3n) is 11.4. The Labute approximate surface area is 188 Å². The van der Waals surface area contributed by atoms with Crippen LogP contribution in [0.15, 0.2) is 11.6 Å². The monoisotopic (exact) mass is 429 g/mol. The molecule has 31 heavy (non-hydrogen) atoms. The molecule has 0 aromatic heterocycles. The minimum Gasteiger partial charge on any atom is -0.393 e. The predicted octanol–water partition coefficient (Wildman–Crippen LogP) is 3.60. The molecule has 3 N–H and O–H groups in total. The number of rotatable bonds is 0. The summed E-state index contributed by atoms with van der Waals surface area (Å²) in [5, 5.41) is 33.5. The van der Waals surface area contributed by atoms with Gasteiger partial charge in [0.25, 0.3) is 0 Å². The van der Waals surface area contributed by atoms with Crippen molar-refractivity contribution in [2.75, 3.05) is 13.1 Å². The molecule has 5 fully saturated rings. The summed E-state index contributed by atoms with van der Waals surface area (Å²) < 4.78 is 0. The first-order valence-corrected chi connectivity index (χ1v) is 13.2. The lowest BCUT2D eigenvalue weighted by molar-refractivity contribution is -0.208. The van der Waals surface area contributed by atoms with E-state index in [2.05, 4.69) is 24.8 Å². The summed E-state index contributed by atoms with van der Waals surface area (Å²) in [6.45, 7) is 9.05. The Kier molecular flexibility index (Phi) is 4.80. The van der Waals surface area contributed by atoms with Crippen molar-refractivity contribution in [2.45, 2.75) is 96.0 Å². The van der Waals surface area contributed by atoms with Gasteiger partial charge in [0.2, 0.25) is 0 Å². The minimum atomic E-state index is -0.788. The fourth-order valence-corrected chi connectivity index (χ4v) is 10.1. The summed E-state index contributed by atoms with van der Waals surface area (Å²) in [5.41, 5.74) is 0.965. The lowest BCUT2D eigenvalue weighted by atomic mass is 9.55. The molecule has 4 heteroatoms. The first-order chi connectivity index (χ1) is 14.7. The molecule has 12 atom stereocenters. The molecule has 0 unspecified atom stereocenters. The van der Waals surface area contributed by atoms with Gasteiger partial charge in [0.1, 0.15) is 0 Å². The number of hydrogen-bond acceptors (Lipinski definition) is 4. The van der Waals surface area contributed by atoms with E-state index < -0.39 is 5.60 Å². The number of aliphatic hydroxyl groups is 3. The molecule has 4 nitrogen and oxygen atoms in total. The fourth-order valence-electron chi connectivity index (χ4n) is 10.1. The molecule has 6 rings (SSSR count). The maximum atomic E-state index is 11.8. The molecule has 174 valence electrons. The summed E-state index contributed by atoms with van der Waals surface area (Å²) in [4.78, 5) is 2.61. The van der Waals surface area contributed by atoms with Crippen molar-refractivity contribution < 1.29 is 15.3 Å². The molecule has 0 radical (unpaired) electrons. The van der Waals surface area contributed by atoms with Gasteiger partial charge in [0.15, 0.2) is 0 Å². The van der Waals surface area contributed by atoms with Gasteiger partial charge in [-0.2, -0.15) is 0 Å². The molecule has 6 aliphatic rings. The summed E-state index contributed by atoms with van der Waals surface area (Å²) in [6, 6.07) is 0.213. The molecule has 0 amide bonds. The average molecular weight is 430 g/mol. The summed E-state index contributed by atoms with van der Waals surface area (Å²) in [7, 11) is 0. The molecule has 2 aliphatic heterocycles. The van der Waals surface area contributed by atoms with Crippen molar-refractivity contribution in [3.63, 3.8) is 0 Å². The zero-order valence-electron chi connectivity index (χ0n) is 19.7. The SMILES string of the molecule is C[C@H]1CC[C@@H]2N(C1)C[C@H]1[C@@H]3C[C@H]4[C@@H](CC=C5C[C@@H](O)CC[C@@]54C)[C@H]3C[C@H](O)[C@@H]1[C@]2(C)O. The normalized spacial score (nSPS) is 59.0. The van der Waals surface area contributed by atoms with Crippen molar-refractivity contribution in [3.05, 3.63) is 11.6 Å². The smallest absolute Gasteiger partial charge is 0.0830 e. The van der Waals surface area contributed by atoms with E-state index in [-0.39, 0.29) is 29.6 Å². The summed E-state index contributed by atoms with van der Waals surface area (Å²) in [6.07, 6.45) is 10.4. The van der Waals surface area contributed by atoms with E-state index in [9.17, 15) is 15.3 Å². The minimum absolute atomic E-state index is 0.0250. The Hall–Kier alpha value is -0.420. The van der Waals surface area contributed by atoms with Crippen LogP contribution in [-0.4, -0.2) is 57.2 Å². The van der Waals surface area contributed by atoms with Crippen LogP contribution in [0.2, 0.25) is 0 Å². The fraction of sp³-hybridized carbons (Fsp3) is 0.926. The zero-order valence-corrected chi connectivity index (χ0v) is 19.7. The number of allylic oxidation sites excluding steroid dienone is 1. The predicted molar refractivity (Wildman–Crippen MR) is 121 cm³/mol. The van der Waals surface area contributed by atoms with Gasteiger partial charge in [-0.3, -0.25) is 4.90 Å². The third-order valence-corrected chi connectivity index (χ3v) is 11.4. The Morgan fingerprint density at radius 3 is 2.55 bits per heavy atom. The molecular formula is C27H43NO3. The molecular weight excluding hydrogens is 386 g/mol. The maximum Gasteiger partial charge on any atom is 0.0830 e. The molecule has 4 aliphatic carbocycles. The largest absolute Gasteiger partial charge is 0.393 e. The van der Waals surface area contributed by atoms with Crippen molar-refractivity contribution in [2.24, 2.45) is 46.8 Å². The third kappa shape index (κ3) is 2.93. The van der Waals surface area contributed by atoms with Gasteiger partial charge in [0, 0.05) is 25.0 Å². The number of aliphatic hydroxyl groups excluding tert-OH is 2. The second kappa shape index (κ2) is 7.04. The molecule has 0 spiro atoms. The van der Waals surface area contributed by atoms with Crippen molar-refractivity contribution >= 4 is 0 Å². The highest BCUT2D eigenvalue weighted by molar-refractivity contribution is 5.26. The highest BCUT2D eigenvalue weighted by atomic mass is 16.3. The van der Waals surface area contributed by atoms with Gasteiger partial charge in [0.05, 0.1) is 17.8 Å². The van der Waals surface area contributed by atoms with Gasteiger partial charge < -0.3 is 15.3 Å². The Morgan fingerprint density at radius 2 is 1.74 bits per heavy atom. The van der Waals surface area contributed by atoms with Gasteiger partial charge in [-0.25, -0.2) is 0 Å². The van der Waals surface area contributed by atoms with Crippen molar-refractivity contribution in [1.29, 1.82) is 0 Å².